The highest BCUT2D eigenvalue weighted by molar-refractivity contribution is 5.14. The summed E-state index contributed by atoms with van der Waals surface area (Å²) >= 11 is 0. The molecule has 0 amide bonds. The van der Waals surface area contributed by atoms with Gasteiger partial charge in [0.15, 0.2) is 0 Å². The van der Waals surface area contributed by atoms with Crippen molar-refractivity contribution >= 4 is 0 Å². The normalized spacial score (nSPS) is 28.9. The number of aromatic amines is 1. The van der Waals surface area contributed by atoms with Gasteiger partial charge in [0.1, 0.15) is 24.4 Å². The molecule has 1 aliphatic rings. The molecule has 0 radical (unpaired) electrons. The highest BCUT2D eigenvalue weighted by atomic mass is 16.6. The van der Waals surface area contributed by atoms with Gasteiger partial charge in [0.2, 0.25) is 0 Å². The molecule has 1 saturated heterocycles. The van der Waals surface area contributed by atoms with Gasteiger partial charge in [0, 0.05) is 13.2 Å². The number of hydrogen-bond acceptors (Lipinski definition) is 6. The van der Waals surface area contributed by atoms with Gasteiger partial charge in [-0.15, -0.1) is 0 Å². The van der Waals surface area contributed by atoms with Crippen LogP contribution in [0.3, 0.4) is 0 Å². The third-order valence-electron chi connectivity index (χ3n) is 3.06. The Morgan fingerprint density at radius 1 is 1.30 bits per heavy atom. The predicted octanol–water partition coefficient (Wildman–Crippen LogP) is -1.75. The Morgan fingerprint density at radius 2 is 1.90 bits per heavy atom. The topological polar surface area (TPSA) is 125 Å². The number of aliphatic hydroxyl groups excluding tert-OH is 3. The van der Waals surface area contributed by atoms with Crippen LogP contribution < -0.4 is 11.2 Å². The number of nitrogens with one attached hydrogen (secondary N) is 1. The summed E-state index contributed by atoms with van der Waals surface area (Å²) in [6, 6.07) is 0. The van der Waals surface area contributed by atoms with Gasteiger partial charge >= 0.3 is 5.69 Å². The molecule has 0 spiro atoms. The first-order valence-electron chi connectivity index (χ1n) is 6.38. The second-order valence-corrected chi connectivity index (χ2v) is 4.17. The van der Waals surface area contributed by atoms with E-state index in [1.165, 1.54) is 7.05 Å². The van der Waals surface area contributed by atoms with E-state index in [1.54, 1.807) is 0 Å². The van der Waals surface area contributed by atoms with Crippen LogP contribution in [0.2, 0.25) is 0 Å². The molecule has 20 heavy (non-hydrogen) atoms. The summed E-state index contributed by atoms with van der Waals surface area (Å²) in [6.45, 7) is 3.53. The van der Waals surface area contributed by atoms with E-state index in [0.717, 1.165) is 10.8 Å². The molecular weight excluding hydrogens is 268 g/mol. The molecule has 4 N–H and O–H groups in total. The van der Waals surface area contributed by atoms with Crippen molar-refractivity contribution in [2.24, 2.45) is 7.05 Å². The lowest BCUT2D eigenvalue weighted by Crippen LogP contribution is -2.37. The van der Waals surface area contributed by atoms with Crippen LogP contribution in [0.5, 0.6) is 0 Å². The summed E-state index contributed by atoms with van der Waals surface area (Å²) in [7, 11) is 1.28. The second-order valence-electron chi connectivity index (χ2n) is 4.17. The number of hydrogen-bond donors (Lipinski definition) is 4. The van der Waals surface area contributed by atoms with Crippen molar-refractivity contribution in [3.05, 3.63) is 32.6 Å². The average Bonchev–Trinajstić information content (AvgIpc) is 2.75. The van der Waals surface area contributed by atoms with E-state index in [4.69, 9.17) is 9.84 Å². The summed E-state index contributed by atoms with van der Waals surface area (Å²) in [5.41, 5.74) is -1.18. The highest BCUT2D eigenvalue weighted by Gasteiger charge is 2.44. The van der Waals surface area contributed by atoms with Crippen molar-refractivity contribution in [2.75, 3.05) is 6.61 Å². The SMILES string of the molecule is CC.Cn1c(=O)[nH]cc(C2OC(CO)C(O)C2O)c1=O. The minimum Gasteiger partial charge on any atom is -0.394 e. The molecule has 0 aromatic carbocycles. The minimum absolute atomic E-state index is 0.0274. The average molecular weight is 288 g/mol. The molecule has 4 atom stereocenters. The standard InChI is InChI=1S/C10H14N2O6.C2H6/c1-12-9(16)4(2-11-10(12)17)8-7(15)6(14)5(3-13)18-8;1-2/h2,5-8,13-15H,3H2,1H3,(H,11,17);1-2H3. The first-order chi connectivity index (χ1) is 9.47. The zero-order chi connectivity index (χ0) is 15.4. The van der Waals surface area contributed by atoms with Crippen LogP contribution in [0.25, 0.3) is 0 Å². The number of rotatable bonds is 2. The maximum Gasteiger partial charge on any atom is 0.328 e. The summed E-state index contributed by atoms with van der Waals surface area (Å²) in [4.78, 5) is 25.3. The van der Waals surface area contributed by atoms with Crippen molar-refractivity contribution in [3.63, 3.8) is 0 Å². The van der Waals surface area contributed by atoms with E-state index in [0.29, 0.717) is 0 Å². The minimum atomic E-state index is -1.33. The van der Waals surface area contributed by atoms with Gasteiger partial charge in [-0.25, -0.2) is 4.79 Å². The molecule has 2 heterocycles. The Morgan fingerprint density at radius 3 is 2.40 bits per heavy atom. The van der Waals surface area contributed by atoms with Crippen molar-refractivity contribution in [1.82, 2.24) is 9.55 Å². The maximum atomic E-state index is 11.8. The summed E-state index contributed by atoms with van der Waals surface area (Å²) < 4.78 is 6.05. The molecule has 4 unspecified atom stereocenters. The van der Waals surface area contributed by atoms with E-state index < -0.39 is 42.3 Å². The van der Waals surface area contributed by atoms with Crippen LogP contribution in [0, 0.1) is 0 Å². The van der Waals surface area contributed by atoms with Gasteiger partial charge in [-0.2, -0.15) is 0 Å². The van der Waals surface area contributed by atoms with E-state index in [-0.39, 0.29) is 5.56 Å². The fraction of sp³-hybridized carbons (Fsp3) is 0.667. The van der Waals surface area contributed by atoms with Gasteiger partial charge in [0.05, 0.1) is 12.2 Å². The molecule has 1 fully saturated rings. The van der Waals surface area contributed by atoms with Gasteiger partial charge in [-0.3, -0.25) is 9.36 Å². The number of ether oxygens (including phenoxy) is 1. The molecule has 1 aromatic heterocycles. The lowest BCUT2D eigenvalue weighted by molar-refractivity contribution is -0.0233. The first kappa shape index (κ1) is 16.6. The summed E-state index contributed by atoms with van der Waals surface area (Å²) in [5.74, 6) is 0. The lowest BCUT2D eigenvalue weighted by atomic mass is 10.0. The molecule has 2 rings (SSSR count). The Balaban J connectivity index is 0.000000956. The third-order valence-corrected chi connectivity index (χ3v) is 3.06. The van der Waals surface area contributed by atoms with Gasteiger partial charge < -0.3 is 25.0 Å². The smallest absolute Gasteiger partial charge is 0.328 e. The molecule has 1 aromatic rings. The van der Waals surface area contributed by atoms with Crippen LogP contribution in [0.15, 0.2) is 15.8 Å². The van der Waals surface area contributed by atoms with E-state index in [9.17, 15) is 19.8 Å². The predicted molar refractivity (Wildman–Crippen MR) is 70.4 cm³/mol. The van der Waals surface area contributed by atoms with E-state index in [1.807, 2.05) is 13.8 Å². The molecule has 0 bridgehead atoms. The Bertz CT molecular complexity index is 552. The maximum absolute atomic E-state index is 11.8. The summed E-state index contributed by atoms with van der Waals surface area (Å²) in [5, 5.41) is 28.3. The Labute approximate surface area is 115 Å². The quantitative estimate of drug-likeness (QED) is 0.512. The fourth-order valence-corrected chi connectivity index (χ4v) is 1.94. The second kappa shape index (κ2) is 6.80. The lowest BCUT2D eigenvalue weighted by Gasteiger charge is -2.14. The van der Waals surface area contributed by atoms with Crippen molar-refractivity contribution in [2.45, 2.75) is 38.3 Å². The zero-order valence-electron chi connectivity index (χ0n) is 11.6. The van der Waals surface area contributed by atoms with E-state index in [2.05, 4.69) is 4.98 Å². The Hall–Kier alpha value is -1.48. The fourth-order valence-electron chi connectivity index (χ4n) is 1.94. The third kappa shape index (κ3) is 2.83. The zero-order valence-corrected chi connectivity index (χ0v) is 11.6. The molecule has 114 valence electrons. The first-order valence-corrected chi connectivity index (χ1v) is 6.38. The summed E-state index contributed by atoms with van der Waals surface area (Å²) in [6.07, 6.45) is -3.50. The van der Waals surface area contributed by atoms with Crippen LogP contribution in [-0.2, 0) is 11.8 Å². The van der Waals surface area contributed by atoms with Gasteiger partial charge in [0.25, 0.3) is 5.56 Å². The monoisotopic (exact) mass is 288 g/mol. The largest absolute Gasteiger partial charge is 0.394 e. The van der Waals surface area contributed by atoms with Crippen LogP contribution in [0.1, 0.15) is 25.5 Å². The number of nitrogens with zero attached hydrogens (tertiary/aromatic N) is 1. The number of H-pyrrole nitrogens is 1. The van der Waals surface area contributed by atoms with Crippen molar-refractivity contribution in [3.8, 4) is 0 Å². The molecule has 1 aliphatic heterocycles. The van der Waals surface area contributed by atoms with Gasteiger partial charge in [-0.05, 0) is 0 Å². The van der Waals surface area contributed by atoms with E-state index >= 15 is 0 Å². The number of aromatic nitrogens is 2. The molecule has 0 aliphatic carbocycles. The molecule has 8 heteroatoms. The molecule has 8 nitrogen and oxygen atoms in total. The van der Waals surface area contributed by atoms with Crippen LogP contribution in [-0.4, -0.2) is 49.8 Å². The number of aliphatic hydroxyl groups is 3. The van der Waals surface area contributed by atoms with Crippen molar-refractivity contribution in [1.29, 1.82) is 0 Å². The highest BCUT2D eigenvalue weighted by Crippen LogP contribution is 2.31. The molecule has 0 saturated carbocycles. The van der Waals surface area contributed by atoms with Crippen LogP contribution >= 0.6 is 0 Å². The van der Waals surface area contributed by atoms with Gasteiger partial charge in [-0.1, -0.05) is 13.8 Å². The van der Waals surface area contributed by atoms with Crippen molar-refractivity contribution < 1.29 is 20.1 Å². The molecular formula is C12H20N2O6. The Kier molecular flexibility index (Phi) is 5.63. The van der Waals surface area contributed by atoms with Crippen LogP contribution in [0.4, 0.5) is 0 Å².